The van der Waals surface area contributed by atoms with Crippen molar-refractivity contribution in [3.63, 3.8) is 0 Å². The number of pyridine rings is 1. The van der Waals surface area contributed by atoms with Crippen LogP contribution in [-0.2, 0) is 4.74 Å². The van der Waals surface area contributed by atoms with Crippen molar-refractivity contribution in [2.24, 2.45) is 0 Å². The smallest absolute Gasteiger partial charge is 0.496 e. The topological polar surface area (TPSA) is 57.7 Å². The number of hydrogen-bond donors (Lipinski definition) is 0. The maximum Gasteiger partial charge on any atom is 0.573 e. The van der Waals surface area contributed by atoms with Crippen LogP contribution < -0.4 is 9.47 Å². The highest BCUT2D eigenvalue weighted by atomic mass is 35.5. The molecule has 1 aromatic carbocycles. The molecule has 134 valence electrons. The van der Waals surface area contributed by atoms with Crippen molar-refractivity contribution in [2.45, 2.75) is 6.36 Å². The molecule has 2 aromatic rings. The normalized spacial score (nSPS) is 11.2. The van der Waals surface area contributed by atoms with Gasteiger partial charge in [0.25, 0.3) is 0 Å². The molecule has 0 amide bonds. The van der Waals surface area contributed by atoms with Gasteiger partial charge >= 0.3 is 12.3 Å². The average molecular weight is 380 g/mol. The molecule has 0 saturated heterocycles. The zero-order valence-electron chi connectivity index (χ0n) is 12.8. The van der Waals surface area contributed by atoms with Gasteiger partial charge in [-0.1, -0.05) is 11.6 Å². The number of methoxy groups -OCH3 is 2. The van der Waals surface area contributed by atoms with Gasteiger partial charge in [0.05, 0.1) is 19.2 Å². The molecule has 0 unspecified atom stereocenters. The number of carbonyl (C=O) groups is 1. The predicted molar refractivity (Wildman–Crippen MR) is 79.2 cm³/mol. The number of halogens is 5. The predicted octanol–water partition coefficient (Wildman–Crippen LogP) is 4.23. The zero-order chi connectivity index (χ0) is 18.8. The lowest BCUT2D eigenvalue weighted by Gasteiger charge is -2.14. The molecular formula is C15H10ClF4NO4. The van der Waals surface area contributed by atoms with Gasteiger partial charge in [-0.25, -0.2) is 14.2 Å². The minimum atomic E-state index is -4.89. The molecule has 1 aromatic heterocycles. The van der Waals surface area contributed by atoms with E-state index in [9.17, 15) is 22.4 Å². The summed E-state index contributed by atoms with van der Waals surface area (Å²) in [7, 11) is 2.26. The summed E-state index contributed by atoms with van der Waals surface area (Å²) in [4.78, 5) is 15.4. The summed E-state index contributed by atoms with van der Waals surface area (Å²) in [5.74, 6) is -2.51. The van der Waals surface area contributed by atoms with Crippen molar-refractivity contribution in [2.75, 3.05) is 14.2 Å². The Morgan fingerprint density at radius 1 is 1.20 bits per heavy atom. The number of nitrogens with zero attached hydrogens (tertiary/aromatic N) is 1. The van der Waals surface area contributed by atoms with Gasteiger partial charge in [0.2, 0.25) is 0 Å². The molecule has 25 heavy (non-hydrogen) atoms. The van der Waals surface area contributed by atoms with Gasteiger partial charge in [0, 0.05) is 11.6 Å². The third-order valence-electron chi connectivity index (χ3n) is 2.97. The van der Waals surface area contributed by atoms with E-state index in [4.69, 9.17) is 16.3 Å². The van der Waals surface area contributed by atoms with Crippen LogP contribution in [0.15, 0.2) is 24.3 Å². The van der Waals surface area contributed by atoms with Crippen molar-refractivity contribution in [1.82, 2.24) is 4.98 Å². The van der Waals surface area contributed by atoms with Crippen LogP contribution in [0.25, 0.3) is 11.3 Å². The highest BCUT2D eigenvalue weighted by Gasteiger charge is 2.31. The Morgan fingerprint density at radius 3 is 2.44 bits per heavy atom. The Bertz CT molecular complexity index is 811. The van der Waals surface area contributed by atoms with Gasteiger partial charge < -0.3 is 14.2 Å². The maximum atomic E-state index is 14.2. The van der Waals surface area contributed by atoms with E-state index in [2.05, 4.69) is 14.5 Å². The molecule has 0 radical (unpaired) electrons. The molecule has 0 fully saturated rings. The number of rotatable bonds is 4. The summed E-state index contributed by atoms with van der Waals surface area (Å²) in [5, 5.41) is -0.274. The van der Waals surface area contributed by atoms with Crippen molar-refractivity contribution >= 4 is 17.6 Å². The minimum Gasteiger partial charge on any atom is -0.496 e. The van der Waals surface area contributed by atoms with E-state index in [1.54, 1.807) is 0 Å². The Morgan fingerprint density at radius 2 is 1.88 bits per heavy atom. The number of esters is 1. The molecule has 0 N–H and O–H groups in total. The molecule has 0 saturated carbocycles. The van der Waals surface area contributed by atoms with E-state index in [0.717, 1.165) is 31.4 Å². The van der Waals surface area contributed by atoms with Gasteiger partial charge in [0.1, 0.15) is 17.2 Å². The van der Waals surface area contributed by atoms with E-state index in [-0.39, 0.29) is 27.7 Å². The fourth-order valence-corrected chi connectivity index (χ4v) is 2.17. The summed E-state index contributed by atoms with van der Waals surface area (Å²) in [6.07, 6.45) is -4.89. The molecule has 0 spiro atoms. The monoisotopic (exact) mass is 379 g/mol. The van der Waals surface area contributed by atoms with Crippen LogP contribution in [0.3, 0.4) is 0 Å². The summed E-state index contributed by atoms with van der Waals surface area (Å²) < 4.78 is 64.3. The first-order valence-corrected chi connectivity index (χ1v) is 6.92. The summed E-state index contributed by atoms with van der Waals surface area (Å²) >= 11 is 5.75. The fourth-order valence-electron chi connectivity index (χ4n) is 1.96. The molecular weight excluding hydrogens is 370 g/mol. The van der Waals surface area contributed by atoms with Gasteiger partial charge in [0.15, 0.2) is 11.5 Å². The number of carbonyl (C=O) groups excluding carboxylic acids is 1. The third kappa shape index (κ3) is 4.30. The van der Waals surface area contributed by atoms with Crippen LogP contribution in [0.2, 0.25) is 5.02 Å². The Labute approximate surface area is 144 Å². The molecule has 0 atom stereocenters. The van der Waals surface area contributed by atoms with Gasteiger partial charge in [-0.15, -0.1) is 13.2 Å². The van der Waals surface area contributed by atoms with E-state index in [0.29, 0.717) is 0 Å². The van der Waals surface area contributed by atoms with Gasteiger partial charge in [-0.05, 0) is 18.2 Å². The van der Waals surface area contributed by atoms with Crippen molar-refractivity contribution < 1.29 is 36.6 Å². The lowest BCUT2D eigenvalue weighted by molar-refractivity contribution is -0.274. The highest BCUT2D eigenvalue weighted by Crippen LogP contribution is 2.36. The van der Waals surface area contributed by atoms with Gasteiger partial charge in [-0.2, -0.15) is 0 Å². The number of benzene rings is 1. The van der Waals surface area contributed by atoms with Crippen LogP contribution in [0.4, 0.5) is 17.6 Å². The first-order valence-electron chi connectivity index (χ1n) is 6.54. The fraction of sp³-hybridized carbons (Fsp3) is 0.200. The maximum absolute atomic E-state index is 14.2. The van der Waals surface area contributed by atoms with Crippen molar-refractivity contribution in [3.05, 3.63) is 40.8 Å². The largest absolute Gasteiger partial charge is 0.573 e. The highest BCUT2D eigenvalue weighted by molar-refractivity contribution is 6.33. The van der Waals surface area contributed by atoms with Crippen molar-refractivity contribution in [1.29, 1.82) is 0 Å². The van der Waals surface area contributed by atoms with Gasteiger partial charge in [-0.3, -0.25) is 0 Å². The standard InChI is InChI=1S/C15H10ClF4NO4/c1-23-11-5-7(25-15(18,19)20)3-4-8(11)12-10(17)6-9(16)13(21-12)14(22)24-2/h3-6H,1-2H3. The van der Waals surface area contributed by atoms with E-state index in [1.807, 2.05) is 0 Å². The molecule has 0 bridgehead atoms. The number of alkyl halides is 3. The lowest BCUT2D eigenvalue weighted by Crippen LogP contribution is -2.17. The van der Waals surface area contributed by atoms with Crippen molar-refractivity contribution in [3.8, 4) is 22.8 Å². The summed E-state index contributed by atoms with van der Waals surface area (Å²) in [6, 6.07) is 3.82. The Hall–Kier alpha value is -2.55. The summed E-state index contributed by atoms with van der Waals surface area (Å²) in [6.45, 7) is 0. The third-order valence-corrected chi connectivity index (χ3v) is 3.26. The van der Waals surface area contributed by atoms with Crippen LogP contribution in [-0.4, -0.2) is 31.5 Å². The Balaban J connectivity index is 2.56. The first-order chi connectivity index (χ1) is 11.7. The van der Waals surface area contributed by atoms with E-state index in [1.165, 1.54) is 7.11 Å². The Kier molecular flexibility index (Phi) is 5.36. The van der Waals surface area contributed by atoms with Crippen LogP contribution in [0.5, 0.6) is 11.5 Å². The second kappa shape index (κ2) is 7.14. The number of hydrogen-bond acceptors (Lipinski definition) is 5. The SMILES string of the molecule is COC(=O)c1nc(-c2ccc(OC(F)(F)F)cc2OC)c(F)cc1Cl. The second-order valence-corrected chi connectivity index (χ2v) is 4.96. The second-order valence-electron chi connectivity index (χ2n) is 4.55. The molecule has 10 heteroatoms. The minimum absolute atomic E-state index is 0.00338. The van der Waals surface area contributed by atoms with Crippen LogP contribution >= 0.6 is 11.6 Å². The lowest BCUT2D eigenvalue weighted by atomic mass is 10.1. The van der Waals surface area contributed by atoms with Crippen LogP contribution in [0, 0.1) is 5.82 Å². The van der Waals surface area contributed by atoms with E-state index < -0.39 is 23.9 Å². The molecule has 1 heterocycles. The summed E-state index contributed by atoms with van der Waals surface area (Å²) in [5.41, 5.74) is -0.699. The quantitative estimate of drug-likeness (QED) is 0.587. The molecule has 0 aliphatic rings. The first kappa shape index (κ1) is 18.8. The zero-order valence-corrected chi connectivity index (χ0v) is 13.5. The number of ether oxygens (including phenoxy) is 3. The molecule has 0 aliphatic heterocycles. The number of aromatic nitrogens is 1. The van der Waals surface area contributed by atoms with Crippen LogP contribution in [0.1, 0.15) is 10.5 Å². The average Bonchev–Trinajstić information content (AvgIpc) is 2.53. The molecule has 0 aliphatic carbocycles. The molecule has 2 rings (SSSR count). The molecule has 5 nitrogen and oxygen atoms in total. The van der Waals surface area contributed by atoms with E-state index >= 15 is 0 Å².